The summed E-state index contributed by atoms with van der Waals surface area (Å²) in [4.78, 5) is 4.98. The van der Waals surface area contributed by atoms with Crippen molar-refractivity contribution in [2.45, 2.75) is 32.1 Å². The predicted octanol–water partition coefficient (Wildman–Crippen LogP) is 2.08. The normalized spacial score (nSPS) is 24.6. The minimum Gasteiger partial charge on any atom is -0.454 e. The lowest BCUT2D eigenvalue weighted by Gasteiger charge is -2.35. The summed E-state index contributed by atoms with van der Waals surface area (Å²) in [7, 11) is 0. The zero-order valence-corrected chi connectivity index (χ0v) is 14.8. The smallest absolute Gasteiger partial charge is 0.231 e. The largest absolute Gasteiger partial charge is 0.454 e. The van der Waals surface area contributed by atoms with Crippen LogP contribution in [0.25, 0.3) is 0 Å². The third-order valence-electron chi connectivity index (χ3n) is 5.16. The van der Waals surface area contributed by atoms with E-state index in [1.165, 1.54) is 18.4 Å². The molecule has 1 unspecified atom stereocenters. The molecule has 1 atom stereocenters. The zero-order chi connectivity index (χ0) is 16.9. The van der Waals surface area contributed by atoms with Crippen LogP contribution in [0.2, 0.25) is 0 Å². The van der Waals surface area contributed by atoms with Crippen molar-refractivity contribution < 1.29 is 18.9 Å². The van der Waals surface area contributed by atoms with Crippen LogP contribution >= 0.6 is 0 Å². The second-order valence-corrected chi connectivity index (χ2v) is 6.97. The molecule has 138 valence electrons. The Hall–Kier alpha value is -1.34. The molecule has 3 aliphatic heterocycles. The summed E-state index contributed by atoms with van der Waals surface area (Å²) in [5.74, 6) is 1.73. The van der Waals surface area contributed by atoms with Gasteiger partial charge in [-0.2, -0.15) is 0 Å². The molecular formula is C19H28N2O4. The van der Waals surface area contributed by atoms with Crippen molar-refractivity contribution >= 4 is 0 Å². The lowest BCUT2D eigenvalue weighted by Crippen LogP contribution is -2.47. The van der Waals surface area contributed by atoms with Gasteiger partial charge in [-0.1, -0.05) is 6.07 Å². The van der Waals surface area contributed by atoms with Crippen molar-refractivity contribution in [3.05, 3.63) is 23.8 Å². The third kappa shape index (κ3) is 4.64. The fourth-order valence-corrected chi connectivity index (χ4v) is 3.62. The van der Waals surface area contributed by atoms with E-state index >= 15 is 0 Å². The maximum Gasteiger partial charge on any atom is 0.231 e. The fourth-order valence-electron chi connectivity index (χ4n) is 3.62. The quantitative estimate of drug-likeness (QED) is 0.784. The standard InChI is InChI=1S/C19H28N2O4/c1-2-11-22-19(3-1)23-12-10-20-6-8-21(9-7-20)14-16-4-5-17-18(13-16)25-15-24-17/h4-5,13,19H,1-3,6-12,14-15H2. The Morgan fingerprint density at radius 2 is 1.84 bits per heavy atom. The molecule has 1 aromatic rings. The lowest BCUT2D eigenvalue weighted by molar-refractivity contribution is -0.164. The number of fused-ring (bicyclic) bond motifs is 1. The van der Waals surface area contributed by atoms with E-state index < -0.39 is 0 Å². The van der Waals surface area contributed by atoms with Gasteiger partial charge in [-0.3, -0.25) is 9.80 Å². The van der Waals surface area contributed by atoms with Crippen molar-refractivity contribution in [1.82, 2.24) is 9.80 Å². The summed E-state index contributed by atoms with van der Waals surface area (Å²) in [5.41, 5.74) is 1.29. The monoisotopic (exact) mass is 348 g/mol. The third-order valence-corrected chi connectivity index (χ3v) is 5.16. The predicted molar refractivity (Wildman–Crippen MR) is 93.8 cm³/mol. The van der Waals surface area contributed by atoms with Crippen molar-refractivity contribution in [2.75, 3.05) is 52.7 Å². The first-order valence-corrected chi connectivity index (χ1v) is 9.43. The highest BCUT2D eigenvalue weighted by atomic mass is 16.7. The average Bonchev–Trinajstić information content (AvgIpc) is 3.12. The maximum atomic E-state index is 5.85. The SMILES string of the molecule is c1cc2c(cc1CN1CCN(CCOC3CCCCO3)CC1)OCO2. The number of piperazine rings is 1. The van der Waals surface area contributed by atoms with Gasteiger partial charge < -0.3 is 18.9 Å². The van der Waals surface area contributed by atoms with Crippen molar-refractivity contribution in [1.29, 1.82) is 0 Å². The van der Waals surface area contributed by atoms with Gasteiger partial charge in [0.05, 0.1) is 6.61 Å². The Morgan fingerprint density at radius 1 is 1.00 bits per heavy atom. The first-order chi connectivity index (χ1) is 12.4. The number of ether oxygens (including phenoxy) is 4. The molecule has 0 aliphatic carbocycles. The van der Waals surface area contributed by atoms with Crippen LogP contribution in [-0.2, 0) is 16.0 Å². The minimum atomic E-state index is 0.0287. The van der Waals surface area contributed by atoms with Crippen LogP contribution in [0.4, 0.5) is 0 Å². The average molecular weight is 348 g/mol. The molecule has 0 aromatic heterocycles. The van der Waals surface area contributed by atoms with Crippen LogP contribution in [-0.4, -0.2) is 68.8 Å². The Kier molecular flexibility index (Phi) is 5.72. The van der Waals surface area contributed by atoms with Gasteiger partial charge >= 0.3 is 0 Å². The molecule has 3 aliphatic rings. The van der Waals surface area contributed by atoms with Gasteiger partial charge in [-0.15, -0.1) is 0 Å². The summed E-state index contributed by atoms with van der Waals surface area (Å²) in [6.07, 6.45) is 3.47. The molecule has 0 radical (unpaired) electrons. The molecule has 0 saturated carbocycles. The minimum absolute atomic E-state index is 0.0287. The lowest BCUT2D eigenvalue weighted by atomic mass is 10.1. The van der Waals surface area contributed by atoms with Gasteiger partial charge in [-0.05, 0) is 37.0 Å². The van der Waals surface area contributed by atoms with Crippen LogP contribution in [0.1, 0.15) is 24.8 Å². The Balaban J connectivity index is 1.16. The van der Waals surface area contributed by atoms with Gasteiger partial charge in [0.25, 0.3) is 0 Å². The second-order valence-electron chi connectivity index (χ2n) is 6.97. The van der Waals surface area contributed by atoms with E-state index in [0.717, 1.165) is 70.4 Å². The van der Waals surface area contributed by atoms with Gasteiger partial charge in [0.15, 0.2) is 17.8 Å². The maximum absolute atomic E-state index is 5.85. The molecule has 0 N–H and O–H groups in total. The topological polar surface area (TPSA) is 43.4 Å². The molecule has 6 nitrogen and oxygen atoms in total. The van der Waals surface area contributed by atoms with E-state index in [1.54, 1.807) is 0 Å². The van der Waals surface area contributed by atoms with E-state index in [1.807, 2.05) is 6.07 Å². The summed E-state index contributed by atoms with van der Waals surface area (Å²) < 4.78 is 22.3. The molecular weight excluding hydrogens is 320 g/mol. The second kappa shape index (κ2) is 8.36. The van der Waals surface area contributed by atoms with E-state index in [-0.39, 0.29) is 6.29 Å². The Labute approximate surface area is 149 Å². The van der Waals surface area contributed by atoms with Gasteiger partial charge in [-0.25, -0.2) is 0 Å². The number of rotatable bonds is 6. The molecule has 2 saturated heterocycles. The molecule has 1 aromatic carbocycles. The van der Waals surface area contributed by atoms with Gasteiger partial charge in [0.1, 0.15) is 0 Å². The highest BCUT2D eigenvalue weighted by Crippen LogP contribution is 2.32. The van der Waals surface area contributed by atoms with E-state index in [2.05, 4.69) is 21.9 Å². The number of benzene rings is 1. The molecule has 25 heavy (non-hydrogen) atoms. The van der Waals surface area contributed by atoms with Crippen LogP contribution in [0.5, 0.6) is 11.5 Å². The molecule has 6 heteroatoms. The van der Waals surface area contributed by atoms with Crippen molar-refractivity contribution in [2.24, 2.45) is 0 Å². The van der Waals surface area contributed by atoms with E-state index in [9.17, 15) is 0 Å². The van der Waals surface area contributed by atoms with E-state index in [4.69, 9.17) is 18.9 Å². The Bertz CT molecular complexity index is 554. The first kappa shape index (κ1) is 17.1. The summed E-state index contributed by atoms with van der Waals surface area (Å²) in [6.45, 7) is 8.30. The van der Waals surface area contributed by atoms with Crippen LogP contribution in [0, 0.1) is 0 Å². The summed E-state index contributed by atoms with van der Waals surface area (Å²) >= 11 is 0. The summed E-state index contributed by atoms with van der Waals surface area (Å²) in [6, 6.07) is 6.25. The molecule has 0 spiro atoms. The van der Waals surface area contributed by atoms with Gasteiger partial charge in [0, 0.05) is 45.9 Å². The fraction of sp³-hybridized carbons (Fsp3) is 0.684. The zero-order valence-electron chi connectivity index (χ0n) is 14.8. The van der Waals surface area contributed by atoms with Crippen LogP contribution < -0.4 is 9.47 Å². The molecule has 0 bridgehead atoms. The highest BCUT2D eigenvalue weighted by Gasteiger charge is 2.20. The van der Waals surface area contributed by atoms with Crippen molar-refractivity contribution in [3.63, 3.8) is 0 Å². The molecule has 2 fully saturated rings. The number of nitrogens with zero attached hydrogens (tertiary/aromatic N) is 2. The molecule has 3 heterocycles. The van der Waals surface area contributed by atoms with Gasteiger partial charge in [0.2, 0.25) is 6.79 Å². The Morgan fingerprint density at radius 3 is 2.68 bits per heavy atom. The van der Waals surface area contributed by atoms with Crippen LogP contribution in [0.3, 0.4) is 0 Å². The van der Waals surface area contributed by atoms with E-state index in [0.29, 0.717) is 6.79 Å². The summed E-state index contributed by atoms with van der Waals surface area (Å²) in [5, 5.41) is 0. The molecule has 0 amide bonds. The number of hydrogen-bond acceptors (Lipinski definition) is 6. The number of hydrogen-bond donors (Lipinski definition) is 0. The van der Waals surface area contributed by atoms with Crippen LogP contribution in [0.15, 0.2) is 18.2 Å². The van der Waals surface area contributed by atoms with Crippen molar-refractivity contribution in [3.8, 4) is 11.5 Å². The first-order valence-electron chi connectivity index (χ1n) is 9.43. The highest BCUT2D eigenvalue weighted by molar-refractivity contribution is 5.44. The molecule has 4 rings (SSSR count).